The van der Waals surface area contributed by atoms with Crippen LogP contribution in [0.5, 0.6) is 0 Å². The summed E-state index contributed by atoms with van der Waals surface area (Å²) in [6.07, 6.45) is 0. The van der Waals surface area contributed by atoms with Gasteiger partial charge >= 0.3 is 0 Å². The Balaban J connectivity index is 1.23. The van der Waals surface area contributed by atoms with Gasteiger partial charge in [-0.2, -0.15) is 0 Å². The molecule has 4 heteroatoms. The van der Waals surface area contributed by atoms with Crippen molar-refractivity contribution in [2.24, 2.45) is 0 Å². The predicted molar refractivity (Wildman–Crippen MR) is 202 cm³/mol. The van der Waals surface area contributed by atoms with Crippen molar-refractivity contribution in [1.29, 1.82) is 0 Å². The maximum absolute atomic E-state index is 5.38. The van der Waals surface area contributed by atoms with Crippen LogP contribution in [0.2, 0.25) is 0 Å². The zero-order valence-electron chi connectivity index (χ0n) is 26.6. The van der Waals surface area contributed by atoms with E-state index in [1.54, 1.807) is 0 Å². The van der Waals surface area contributed by atoms with Gasteiger partial charge in [0, 0.05) is 41.3 Å². The van der Waals surface area contributed by atoms with Gasteiger partial charge in [0.25, 0.3) is 0 Å². The van der Waals surface area contributed by atoms with Gasteiger partial charge in [-0.1, -0.05) is 134 Å². The number of hydrogen-bond acceptors (Lipinski definition) is 3. The molecule has 0 spiro atoms. The molecule has 2 aliphatic rings. The third-order valence-electron chi connectivity index (χ3n) is 10.0. The minimum absolute atomic E-state index is 0.167. The van der Waals surface area contributed by atoms with Crippen molar-refractivity contribution in [1.82, 2.24) is 9.55 Å². The summed E-state index contributed by atoms with van der Waals surface area (Å²) in [5.41, 5.74) is 12.1. The summed E-state index contributed by atoms with van der Waals surface area (Å²) in [4.78, 5) is 10.8. The zero-order chi connectivity index (χ0) is 32.0. The normalized spacial score (nSPS) is 14.0. The summed E-state index contributed by atoms with van der Waals surface area (Å²) < 4.78 is 2.39. The molecule has 1 aliphatic carbocycles. The van der Waals surface area contributed by atoms with E-state index in [4.69, 9.17) is 4.98 Å². The summed E-state index contributed by atoms with van der Waals surface area (Å²) in [6, 6.07) is 52.9. The molecule has 0 saturated heterocycles. The van der Waals surface area contributed by atoms with Gasteiger partial charge < -0.3 is 0 Å². The molecule has 2 aromatic heterocycles. The SMILES string of the molecule is CC1(C)c2cc3c(cc2-c2ccc4c(c21)Sc1ccccc1S4)c1ccccc1n3-c1cc(-c2ccccc2)cc(-c2ccccc2)n1. The van der Waals surface area contributed by atoms with E-state index >= 15 is 0 Å². The number of benzene rings is 6. The van der Waals surface area contributed by atoms with Gasteiger partial charge in [0.1, 0.15) is 5.82 Å². The highest BCUT2D eigenvalue weighted by Crippen LogP contribution is 2.59. The summed E-state index contributed by atoms with van der Waals surface area (Å²) in [5, 5.41) is 2.50. The standard InChI is InChI=1S/C44H30N2S2/c1-44(2)34-26-37-33(25-32(34)31-21-22-40-43(42(31)44)48-39-20-12-11-19-38(39)47-40)30-17-9-10-18-36(30)46(37)41-24-29(27-13-5-3-6-14-27)23-35(45-41)28-15-7-4-8-16-28/h3-26H,1-2H3. The Morgan fingerprint density at radius 1 is 0.521 bits per heavy atom. The largest absolute Gasteiger partial charge is 0.294 e. The molecule has 0 radical (unpaired) electrons. The van der Waals surface area contributed by atoms with Crippen molar-refractivity contribution in [3.05, 3.63) is 157 Å². The molecule has 1 aliphatic heterocycles. The van der Waals surface area contributed by atoms with Gasteiger partial charge in [-0.05, 0) is 81.9 Å². The molecule has 6 aromatic carbocycles. The Morgan fingerprint density at radius 3 is 2.00 bits per heavy atom. The van der Waals surface area contributed by atoms with Crippen LogP contribution in [0.25, 0.3) is 61.1 Å². The van der Waals surface area contributed by atoms with Crippen LogP contribution in [0.4, 0.5) is 0 Å². The summed E-state index contributed by atoms with van der Waals surface area (Å²) >= 11 is 3.83. The van der Waals surface area contributed by atoms with E-state index in [2.05, 4.69) is 164 Å². The quantitative estimate of drug-likeness (QED) is 0.189. The van der Waals surface area contributed by atoms with Gasteiger partial charge in [-0.3, -0.25) is 4.57 Å². The van der Waals surface area contributed by atoms with Crippen molar-refractivity contribution < 1.29 is 0 Å². The molecule has 2 nitrogen and oxygen atoms in total. The minimum Gasteiger partial charge on any atom is -0.294 e. The highest BCUT2D eigenvalue weighted by Gasteiger charge is 2.40. The first-order valence-corrected chi connectivity index (χ1v) is 18.0. The van der Waals surface area contributed by atoms with Crippen LogP contribution in [-0.4, -0.2) is 9.55 Å². The number of nitrogens with zero attached hydrogens (tertiary/aromatic N) is 2. The van der Waals surface area contributed by atoms with Crippen molar-refractivity contribution in [2.45, 2.75) is 38.8 Å². The Bertz CT molecular complexity index is 2520. The average Bonchev–Trinajstić information content (AvgIpc) is 3.58. The maximum atomic E-state index is 5.38. The average molecular weight is 651 g/mol. The molecule has 8 aromatic rings. The monoisotopic (exact) mass is 650 g/mol. The molecular weight excluding hydrogens is 621 g/mol. The molecule has 228 valence electrons. The molecule has 0 unspecified atom stereocenters. The highest BCUT2D eigenvalue weighted by atomic mass is 32.2. The molecule has 10 rings (SSSR count). The number of fused-ring (bicyclic) bond motifs is 9. The predicted octanol–water partition coefficient (Wildman–Crippen LogP) is 12.4. The molecule has 0 bridgehead atoms. The Hall–Kier alpha value is -5.03. The van der Waals surface area contributed by atoms with Gasteiger partial charge in [0.2, 0.25) is 0 Å². The van der Waals surface area contributed by atoms with Crippen LogP contribution in [-0.2, 0) is 5.41 Å². The van der Waals surface area contributed by atoms with Crippen LogP contribution < -0.4 is 0 Å². The molecule has 0 N–H and O–H groups in total. The molecule has 0 saturated carbocycles. The molecule has 48 heavy (non-hydrogen) atoms. The van der Waals surface area contributed by atoms with E-state index in [9.17, 15) is 0 Å². The fourth-order valence-electron chi connectivity index (χ4n) is 7.76. The van der Waals surface area contributed by atoms with E-state index in [1.165, 1.54) is 69.2 Å². The second-order valence-electron chi connectivity index (χ2n) is 13.2. The third-order valence-corrected chi connectivity index (χ3v) is 12.6. The number of pyridine rings is 1. The Labute approximate surface area is 288 Å². The van der Waals surface area contributed by atoms with E-state index < -0.39 is 0 Å². The number of rotatable bonds is 3. The minimum atomic E-state index is -0.167. The Kier molecular flexibility index (Phi) is 6.12. The van der Waals surface area contributed by atoms with Crippen LogP contribution in [0.1, 0.15) is 25.0 Å². The lowest BCUT2D eigenvalue weighted by Gasteiger charge is -2.28. The van der Waals surface area contributed by atoms with Gasteiger partial charge in [0.15, 0.2) is 0 Å². The molecule has 0 fully saturated rings. The van der Waals surface area contributed by atoms with Crippen LogP contribution in [0.3, 0.4) is 0 Å². The second kappa shape index (κ2) is 10.5. The zero-order valence-corrected chi connectivity index (χ0v) is 28.2. The topological polar surface area (TPSA) is 17.8 Å². The smallest absolute Gasteiger partial charge is 0.138 e. The number of hydrogen-bond donors (Lipinski definition) is 0. The fraction of sp³-hybridized carbons (Fsp3) is 0.0682. The highest BCUT2D eigenvalue weighted by molar-refractivity contribution is 8.05. The lowest BCUT2D eigenvalue weighted by atomic mass is 9.82. The molecule has 0 amide bonds. The third kappa shape index (κ3) is 4.12. The maximum Gasteiger partial charge on any atom is 0.138 e. The second-order valence-corrected chi connectivity index (χ2v) is 15.3. The molecule has 0 atom stereocenters. The first-order valence-electron chi connectivity index (χ1n) is 16.4. The fourth-order valence-corrected chi connectivity index (χ4v) is 10.3. The lowest BCUT2D eigenvalue weighted by Crippen LogP contribution is -2.17. The van der Waals surface area contributed by atoms with Crippen molar-refractivity contribution >= 4 is 45.3 Å². The van der Waals surface area contributed by atoms with E-state index in [1.807, 2.05) is 23.5 Å². The van der Waals surface area contributed by atoms with E-state index in [0.717, 1.165) is 22.6 Å². The first kappa shape index (κ1) is 28.0. The van der Waals surface area contributed by atoms with Crippen LogP contribution >= 0.6 is 23.5 Å². The van der Waals surface area contributed by atoms with E-state index in [-0.39, 0.29) is 5.41 Å². The van der Waals surface area contributed by atoms with Crippen molar-refractivity contribution in [3.63, 3.8) is 0 Å². The van der Waals surface area contributed by atoms with Gasteiger partial charge in [0.05, 0.1) is 16.7 Å². The van der Waals surface area contributed by atoms with Gasteiger partial charge in [-0.15, -0.1) is 0 Å². The first-order chi connectivity index (χ1) is 23.5. The summed E-state index contributed by atoms with van der Waals surface area (Å²) in [6.45, 7) is 4.81. The Morgan fingerprint density at radius 2 is 1.21 bits per heavy atom. The summed E-state index contributed by atoms with van der Waals surface area (Å²) in [5.74, 6) is 0.926. The summed E-state index contributed by atoms with van der Waals surface area (Å²) in [7, 11) is 0. The molecular formula is C44H30N2S2. The van der Waals surface area contributed by atoms with E-state index in [0.29, 0.717) is 0 Å². The van der Waals surface area contributed by atoms with Crippen LogP contribution in [0.15, 0.2) is 165 Å². The number of para-hydroxylation sites is 1. The molecule has 3 heterocycles. The lowest BCUT2D eigenvalue weighted by molar-refractivity contribution is 0.643. The van der Waals surface area contributed by atoms with Gasteiger partial charge in [-0.25, -0.2) is 4.98 Å². The van der Waals surface area contributed by atoms with Crippen molar-refractivity contribution in [2.75, 3.05) is 0 Å². The number of aromatic nitrogens is 2. The van der Waals surface area contributed by atoms with Crippen LogP contribution in [0, 0.1) is 0 Å². The van der Waals surface area contributed by atoms with Crippen molar-refractivity contribution in [3.8, 4) is 39.3 Å².